The van der Waals surface area contributed by atoms with Gasteiger partial charge in [0.2, 0.25) is 5.91 Å². The third-order valence-corrected chi connectivity index (χ3v) is 7.37. The van der Waals surface area contributed by atoms with Crippen LogP contribution in [-0.2, 0) is 19.7 Å². The molecule has 3 atom stereocenters. The lowest BCUT2D eigenvalue weighted by atomic mass is 9.95. The second kappa shape index (κ2) is 9.31. The zero-order chi connectivity index (χ0) is 27.2. The molecule has 2 aromatic rings. The lowest BCUT2D eigenvalue weighted by molar-refractivity contribution is -0.119. The van der Waals surface area contributed by atoms with Gasteiger partial charge in [0.1, 0.15) is 17.1 Å². The fraction of sp³-hybridized carbons (Fsp3) is 0.464. The van der Waals surface area contributed by atoms with Gasteiger partial charge in [0.05, 0.1) is 24.9 Å². The van der Waals surface area contributed by atoms with Gasteiger partial charge in [-0.2, -0.15) is 5.26 Å². The number of pyridine rings is 1. The molecule has 198 valence electrons. The molecule has 1 N–H and O–H groups in total. The molecule has 38 heavy (non-hydrogen) atoms. The quantitative estimate of drug-likeness (QED) is 0.644. The third kappa shape index (κ3) is 4.64. The summed E-state index contributed by atoms with van der Waals surface area (Å²) < 4.78 is 10.8. The minimum Gasteiger partial charge on any atom is -0.444 e. The molecule has 2 unspecified atom stereocenters. The van der Waals surface area contributed by atoms with E-state index in [4.69, 9.17) is 9.47 Å². The number of amides is 3. The van der Waals surface area contributed by atoms with Gasteiger partial charge in [-0.25, -0.2) is 9.59 Å². The highest BCUT2D eigenvalue weighted by atomic mass is 16.6. The number of rotatable bonds is 5. The summed E-state index contributed by atoms with van der Waals surface area (Å²) in [7, 11) is 0. The van der Waals surface area contributed by atoms with Gasteiger partial charge in [-0.05, 0) is 44.5 Å². The molecule has 0 bridgehead atoms. The Labute approximate surface area is 221 Å². The fourth-order valence-electron chi connectivity index (χ4n) is 5.45. The molecule has 2 saturated heterocycles. The summed E-state index contributed by atoms with van der Waals surface area (Å²) in [6.45, 7) is 8.55. The van der Waals surface area contributed by atoms with E-state index in [1.165, 1.54) is 6.92 Å². The molecular formula is C28H31N5O5. The number of hydrogen-bond donors (Lipinski definition) is 1. The van der Waals surface area contributed by atoms with Crippen molar-refractivity contribution in [1.29, 1.82) is 5.26 Å². The van der Waals surface area contributed by atoms with Crippen LogP contribution in [0.3, 0.4) is 0 Å². The lowest BCUT2D eigenvalue weighted by Gasteiger charge is -2.27. The van der Waals surface area contributed by atoms with Crippen LogP contribution in [0, 0.1) is 23.2 Å². The summed E-state index contributed by atoms with van der Waals surface area (Å²) >= 11 is 0. The summed E-state index contributed by atoms with van der Waals surface area (Å²) in [6, 6.07) is 13.8. The molecule has 0 radical (unpaired) electrons. The second-order valence-electron chi connectivity index (χ2n) is 11.1. The molecule has 1 saturated carbocycles. The number of nitrogens with zero attached hydrogens (tertiary/aromatic N) is 4. The van der Waals surface area contributed by atoms with E-state index < -0.39 is 23.2 Å². The second-order valence-corrected chi connectivity index (χ2v) is 11.1. The number of carbonyl (C=O) groups excluding carboxylic acids is 3. The molecule has 3 fully saturated rings. The average Bonchev–Trinajstić information content (AvgIpc) is 3.15. The fourth-order valence-corrected chi connectivity index (χ4v) is 5.45. The maximum atomic E-state index is 12.4. The smallest absolute Gasteiger partial charge is 0.414 e. The highest BCUT2D eigenvalue weighted by Gasteiger charge is 2.71. The predicted octanol–water partition coefficient (Wildman–Crippen LogP) is 3.47. The van der Waals surface area contributed by atoms with E-state index in [1.54, 1.807) is 16.0 Å². The van der Waals surface area contributed by atoms with Gasteiger partial charge in [-0.1, -0.05) is 18.2 Å². The van der Waals surface area contributed by atoms with Crippen LogP contribution >= 0.6 is 0 Å². The number of piperidine rings is 1. The first kappa shape index (κ1) is 25.5. The summed E-state index contributed by atoms with van der Waals surface area (Å²) in [5.41, 5.74) is 2.02. The van der Waals surface area contributed by atoms with Gasteiger partial charge in [0, 0.05) is 49.3 Å². The standard InChI is InChI=1S/C28H31N5O5/c1-17(34)30-12-21-13-33(26(36)37-21)20-8-5-18(6-9-20)19-7-10-24(31-11-19)28(16-29)22-14-32(15-23(22)28)25(35)38-27(2,3)4/h5-11,21-23H,12-15H2,1-4H3,(H,30,34)/t21-,22?,23?,28?/m0/s1. The molecule has 5 rings (SSSR count). The Kier molecular flexibility index (Phi) is 6.25. The number of aromatic nitrogens is 1. The normalized spacial score (nSPS) is 25.9. The summed E-state index contributed by atoms with van der Waals surface area (Å²) in [5.74, 6) is -0.0727. The lowest BCUT2D eigenvalue weighted by Crippen LogP contribution is -2.39. The molecule has 0 spiro atoms. The minimum atomic E-state index is -0.676. The van der Waals surface area contributed by atoms with Crippen molar-refractivity contribution < 1.29 is 23.9 Å². The van der Waals surface area contributed by atoms with E-state index in [0.717, 1.165) is 16.8 Å². The Bertz CT molecular complexity index is 1280. The maximum Gasteiger partial charge on any atom is 0.414 e. The van der Waals surface area contributed by atoms with Gasteiger partial charge < -0.3 is 19.7 Å². The highest BCUT2D eigenvalue weighted by Crippen LogP contribution is 2.62. The Morgan fingerprint density at radius 2 is 1.79 bits per heavy atom. The number of hydrogen-bond acceptors (Lipinski definition) is 7. The number of nitrogens with one attached hydrogen (secondary N) is 1. The summed E-state index contributed by atoms with van der Waals surface area (Å²) in [4.78, 5) is 43.7. The number of nitriles is 1. The number of fused-ring (bicyclic) bond motifs is 1. The Morgan fingerprint density at radius 1 is 1.13 bits per heavy atom. The van der Waals surface area contributed by atoms with Crippen molar-refractivity contribution in [3.8, 4) is 17.2 Å². The topological polar surface area (TPSA) is 125 Å². The van der Waals surface area contributed by atoms with Crippen molar-refractivity contribution in [3.63, 3.8) is 0 Å². The van der Waals surface area contributed by atoms with Crippen LogP contribution in [0.4, 0.5) is 15.3 Å². The molecule has 3 aliphatic rings. The first-order valence-corrected chi connectivity index (χ1v) is 12.7. The first-order valence-electron chi connectivity index (χ1n) is 12.7. The molecule has 2 aliphatic heterocycles. The zero-order valence-corrected chi connectivity index (χ0v) is 21.9. The van der Waals surface area contributed by atoms with Crippen LogP contribution in [0.5, 0.6) is 0 Å². The SMILES string of the molecule is CC(=O)NC[C@H]1CN(c2ccc(-c3ccc(C4(C#N)C5CN(C(=O)OC(C)(C)C)CC54)nc3)cc2)C(=O)O1. The van der Waals surface area contributed by atoms with Gasteiger partial charge in [0.25, 0.3) is 0 Å². The number of carbonyl (C=O) groups is 3. The number of likely N-dealkylation sites (tertiary alicyclic amines) is 1. The van der Waals surface area contributed by atoms with E-state index >= 15 is 0 Å². The first-order chi connectivity index (χ1) is 18.0. The molecular weight excluding hydrogens is 486 g/mol. The predicted molar refractivity (Wildman–Crippen MR) is 138 cm³/mol. The Morgan fingerprint density at radius 3 is 2.34 bits per heavy atom. The molecule has 1 aromatic heterocycles. The Hall–Kier alpha value is -4.13. The van der Waals surface area contributed by atoms with E-state index in [0.29, 0.717) is 25.3 Å². The van der Waals surface area contributed by atoms with Gasteiger partial charge in [0.15, 0.2) is 0 Å². The van der Waals surface area contributed by atoms with Crippen LogP contribution < -0.4 is 10.2 Å². The van der Waals surface area contributed by atoms with Crippen LogP contribution in [0.2, 0.25) is 0 Å². The van der Waals surface area contributed by atoms with Gasteiger partial charge >= 0.3 is 12.2 Å². The Balaban J connectivity index is 1.23. The number of anilines is 1. The van der Waals surface area contributed by atoms with Crippen molar-refractivity contribution in [3.05, 3.63) is 48.3 Å². The largest absolute Gasteiger partial charge is 0.444 e. The molecule has 10 nitrogen and oxygen atoms in total. The third-order valence-electron chi connectivity index (χ3n) is 7.37. The van der Waals surface area contributed by atoms with E-state index in [9.17, 15) is 19.6 Å². The van der Waals surface area contributed by atoms with Crippen molar-refractivity contribution in [2.45, 2.75) is 44.8 Å². The number of benzene rings is 1. The van der Waals surface area contributed by atoms with Crippen LogP contribution in [0.15, 0.2) is 42.6 Å². The van der Waals surface area contributed by atoms with Crippen molar-refractivity contribution in [2.75, 3.05) is 31.1 Å². The van der Waals surface area contributed by atoms with Crippen LogP contribution in [-0.4, -0.2) is 65.9 Å². The van der Waals surface area contributed by atoms with Crippen LogP contribution in [0.1, 0.15) is 33.4 Å². The number of ether oxygens (including phenoxy) is 2. The molecule has 3 amide bonds. The van der Waals surface area contributed by atoms with Gasteiger partial charge in [-0.15, -0.1) is 0 Å². The molecule has 3 heterocycles. The molecule has 1 aliphatic carbocycles. The molecule has 1 aromatic carbocycles. The number of cyclic esters (lactones) is 1. The minimum absolute atomic E-state index is 0.0485. The monoisotopic (exact) mass is 517 g/mol. The van der Waals surface area contributed by atoms with Crippen molar-refractivity contribution >= 4 is 23.8 Å². The van der Waals surface area contributed by atoms with E-state index in [2.05, 4.69) is 16.4 Å². The highest BCUT2D eigenvalue weighted by molar-refractivity contribution is 5.90. The zero-order valence-electron chi connectivity index (χ0n) is 21.9. The average molecular weight is 518 g/mol. The van der Waals surface area contributed by atoms with E-state index in [1.807, 2.05) is 57.2 Å². The molecule has 10 heteroatoms. The van der Waals surface area contributed by atoms with E-state index in [-0.39, 0.29) is 30.4 Å². The van der Waals surface area contributed by atoms with Crippen LogP contribution in [0.25, 0.3) is 11.1 Å². The maximum absolute atomic E-state index is 12.4. The summed E-state index contributed by atoms with van der Waals surface area (Å²) in [5, 5.41) is 12.7. The van der Waals surface area contributed by atoms with Crippen molar-refractivity contribution in [2.24, 2.45) is 11.8 Å². The summed E-state index contributed by atoms with van der Waals surface area (Å²) in [6.07, 6.45) is 0.583. The van der Waals surface area contributed by atoms with Crippen molar-refractivity contribution in [1.82, 2.24) is 15.2 Å². The van der Waals surface area contributed by atoms with Gasteiger partial charge in [-0.3, -0.25) is 14.7 Å².